The maximum atomic E-state index is 13.9. The van der Waals surface area contributed by atoms with Crippen molar-refractivity contribution in [2.45, 2.75) is 26.3 Å². The van der Waals surface area contributed by atoms with Crippen LogP contribution in [0, 0.1) is 11.2 Å². The summed E-state index contributed by atoms with van der Waals surface area (Å²) >= 11 is 0. The van der Waals surface area contributed by atoms with Crippen LogP contribution in [0.2, 0.25) is 0 Å². The average Bonchev–Trinajstić information content (AvgIpc) is 2.20. The SMILES string of the molecule is CN(C)C(c1ccccc1F)C(C)(C)CCN. The molecule has 0 saturated heterocycles. The molecule has 0 aromatic heterocycles. The van der Waals surface area contributed by atoms with Gasteiger partial charge in [-0.1, -0.05) is 32.0 Å². The van der Waals surface area contributed by atoms with Crippen molar-refractivity contribution in [3.05, 3.63) is 35.6 Å². The zero-order valence-electron chi connectivity index (χ0n) is 11.2. The third-order valence-corrected chi connectivity index (χ3v) is 3.25. The molecule has 1 rings (SSSR count). The zero-order chi connectivity index (χ0) is 13.1. The summed E-state index contributed by atoms with van der Waals surface area (Å²) in [5.41, 5.74) is 6.35. The monoisotopic (exact) mass is 238 g/mol. The molecule has 0 aliphatic carbocycles. The molecule has 0 radical (unpaired) electrons. The maximum Gasteiger partial charge on any atom is 0.128 e. The number of halogens is 1. The second-order valence-electron chi connectivity index (χ2n) is 5.41. The first kappa shape index (κ1) is 14.1. The van der Waals surface area contributed by atoms with Crippen LogP contribution in [-0.4, -0.2) is 25.5 Å². The van der Waals surface area contributed by atoms with Crippen molar-refractivity contribution in [1.29, 1.82) is 0 Å². The predicted molar refractivity (Wildman–Crippen MR) is 70.3 cm³/mol. The van der Waals surface area contributed by atoms with Crippen molar-refractivity contribution >= 4 is 0 Å². The first-order valence-electron chi connectivity index (χ1n) is 6.01. The van der Waals surface area contributed by atoms with Crippen LogP contribution in [0.15, 0.2) is 24.3 Å². The number of hydrogen-bond acceptors (Lipinski definition) is 2. The molecule has 3 heteroatoms. The number of benzene rings is 1. The Morgan fingerprint density at radius 2 is 1.88 bits per heavy atom. The summed E-state index contributed by atoms with van der Waals surface area (Å²) in [5, 5.41) is 0. The largest absolute Gasteiger partial charge is 0.330 e. The van der Waals surface area contributed by atoms with Gasteiger partial charge in [0.05, 0.1) is 0 Å². The minimum absolute atomic E-state index is 0.0345. The third kappa shape index (κ3) is 3.27. The van der Waals surface area contributed by atoms with E-state index in [4.69, 9.17) is 5.73 Å². The van der Waals surface area contributed by atoms with Gasteiger partial charge in [0.15, 0.2) is 0 Å². The summed E-state index contributed by atoms with van der Waals surface area (Å²) in [5.74, 6) is -0.142. The standard InChI is InChI=1S/C14H23FN2/c1-14(2,9-10-16)13(17(3)4)11-7-5-6-8-12(11)15/h5-8,13H,9-10,16H2,1-4H3. The molecule has 0 amide bonds. The van der Waals surface area contributed by atoms with E-state index in [-0.39, 0.29) is 17.3 Å². The van der Waals surface area contributed by atoms with Crippen LogP contribution in [0.1, 0.15) is 31.9 Å². The van der Waals surface area contributed by atoms with Crippen LogP contribution in [-0.2, 0) is 0 Å². The molecule has 1 atom stereocenters. The molecule has 96 valence electrons. The van der Waals surface area contributed by atoms with Crippen molar-refractivity contribution in [2.24, 2.45) is 11.1 Å². The van der Waals surface area contributed by atoms with Crippen molar-refractivity contribution in [2.75, 3.05) is 20.6 Å². The van der Waals surface area contributed by atoms with Gasteiger partial charge in [0.2, 0.25) is 0 Å². The van der Waals surface area contributed by atoms with Crippen LogP contribution in [0.3, 0.4) is 0 Å². The molecule has 1 aromatic carbocycles. The van der Waals surface area contributed by atoms with Crippen LogP contribution in [0.4, 0.5) is 4.39 Å². The van der Waals surface area contributed by atoms with E-state index in [0.717, 1.165) is 12.0 Å². The molecule has 0 aliphatic heterocycles. The summed E-state index contributed by atoms with van der Waals surface area (Å²) in [6.45, 7) is 4.89. The van der Waals surface area contributed by atoms with Gasteiger partial charge in [0, 0.05) is 11.6 Å². The number of rotatable bonds is 5. The molecule has 0 saturated carbocycles. The van der Waals surface area contributed by atoms with Crippen LogP contribution in [0.25, 0.3) is 0 Å². The Morgan fingerprint density at radius 1 is 1.29 bits per heavy atom. The normalized spacial score (nSPS) is 14.1. The highest BCUT2D eigenvalue weighted by Gasteiger charge is 2.33. The summed E-state index contributed by atoms with van der Waals surface area (Å²) in [6.07, 6.45) is 0.865. The van der Waals surface area contributed by atoms with E-state index < -0.39 is 0 Å². The van der Waals surface area contributed by atoms with Gasteiger partial charge in [0.25, 0.3) is 0 Å². The minimum Gasteiger partial charge on any atom is -0.330 e. The lowest BCUT2D eigenvalue weighted by Gasteiger charge is -2.39. The Morgan fingerprint density at radius 3 is 2.35 bits per heavy atom. The van der Waals surface area contributed by atoms with E-state index in [9.17, 15) is 4.39 Å². The van der Waals surface area contributed by atoms with Crippen LogP contribution < -0.4 is 5.73 Å². The quantitative estimate of drug-likeness (QED) is 0.854. The predicted octanol–water partition coefficient (Wildman–Crippen LogP) is 2.80. The third-order valence-electron chi connectivity index (χ3n) is 3.25. The maximum absolute atomic E-state index is 13.9. The summed E-state index contributed by atoms with van der Waals surface area (Å²) < 4.78 is 13.9. The van der Waals surface area contributed by atoms with Gasteiger partial charge in [-0.15, -0.1) is 0 Å². The van der Waals surface area contributed by atoms with Crippen LogP contribution >= 0.6 is 0 Å². The average molecular weight is 238 g/mol. The van der Waals surface area contributed by atoms with E-state index >= 15 is 0 Å². The van der Waals surface area contributed by atoms with Gasteiger partial charge in [-0.05, 0) is 38.5 Å². The highest BCUT2D eigenvalue weighted by atomic mass is 19.1. The lowest BCUT2D eigenvalue weighted by atomic mass is 9.77. The molecule has 0 heterocycles. The smallest absolute Gasteiger partial charge is 0.128 e. The topological polar surface area (TPSA) is 29.3 Å². The van der Waals surface area contributed by atoms with Crippen molar-refractivity contribution in [3.63, 3.8) is 0 Å². The van der Waals surface area contributed by atoms with Gasteiger partial charge in [-0.25, -0.2) is 4.39 Å². The van der Waals surface area contributed by atoms with Gasteiger partial charge in [-0.2, -0.15) is 0 Å². The number of nitrogens with zero attached hydrogens (tertiary/aromatic N) is 1. The summed E-state index contributed by atoms with van der Waals surface area (Å²) in [4.78, 5) is 2.06. The van der Waals surface area contributed by atoms with Crippen LogP contribution in [0.5, 0.6) is 0 Å². The molecule has 1 unspecified atom stereocenters. The molecular weight excluding hydrogens is 215 g/mol. The Labute approximate surface area is 104 Å². The fourth-order valence-corrected chi connectivity index (χ4v) is 2.60. The Bertz CT molecular complexity index is 361. The van der Waals surface area contributed by atoms with E-state index in [2.05, 4.69) is 18.7 Å². The van der Waals surface area contributed by atoms with Crippen molar-refractivity contribution in [1.82, 2.24) is 4.90 Å². The number of nitrogens with two attached hydrogens (primary N) is 1. The molecule has 0 bridgehead atoms. The molecule has 17 heavy (non-hydrogen) atoms. The lowest BCUT2D eigenvalue weighted by molar-refractivity contribution is 0.125. The molecule has 1 aromatic rings. The molecule has 2 N–H and O–H groups in total. The number of hydrogen-bond donors (Lipinski definition) is 1. The van der Waals surface area contributed by atoms with Crippen molar-refractivity contribution < 1.29 is 4.39 Å². The first-order valence-corrected chi connectivity index (χ1v) is 6.01. The van der Waals surface area contributed by atoms with Gasteiger partial charge < -0.3 is 10.6 Å². The van der Waals surface area contributed by atoms with E-state index in [0.29, 0.717) is 6.54 Å². The Hall–Kier alpha value is -0.930. The highest BCUT2D eigenvalue weighted by molar-refractivity contribution is 5.23. The summed E-state index contributed by atoms with van der Waals surface area (Å²) in [6, 6.07) is 7.02. The van der Waals surface area contributed by atoms with E-state index in [1.54, 1.807) is 6.07 Å². The summed E-state index contributed by atoms with van der Waals surface area (Å²) in [7, 11) is 3.96. The van der Waals surface area contributed by atoms with E-state index in [1.807, 2.05) is 26.2 Å². The first-order chi connectivity index (χ1) is 7.90. The minimum atomic E-state index is -0.142. The zero-order valence-corrected chi connectivity index (χ0v) is 11.2. The van der Waals surface area contributed by atoms with E-state index in [1.165, 1.54) is 6.07 Å². The molecule has 0 aliphatic rings. The van der Waals surface area contributed by atoms with Gasteiger partial charge in [0.1, 0.15) is 5.82 Å². The fourth-order valence-electron chi connectivity index (χ4n) is 2.60. The second kappa shape index (κ2) is 5.61. The molecular formula is C14H23FN2. The Kier molecular flexibility index (Phi) is 4.66. The molecule has 0 fully saturated rings. The fraction of sp³-hybridized carbons (Fsp3) is 0.571. The molecule has 0 spiro atoms. The Balaban J connectivity index is 3.14. The van der Waals surface area contributed by atoms with Gasteiger partial charge in [-0.3, -0.25) is 0 Å². The van der Waals surface area contributed by atoms with Gasteiger partial charge >= 0.3 is 0 Å². The van der Waals surface area contributed by atoms with Crippen molar-refractivity contribution in [3.8, 4) is 0 Å². The molecule has 2 nitrogen and oxygen atoms in total. The second-order valence-corrected chi connectivity index (χ2v) is 5.41. The lowest BCUT2D eigenvalue weighted by Crippen LogP contribution is -2.35. The highest BCUT2D eigenvalue weighted by Crippen LogP contribution is 2.40.